The molecule has 0 saturated carbocycles. The predicted molar refractivity (Wildman–Crippen MR) is 63.5 cm³/mol. The average Bonchev–Trinajstić information content (AvgIpc) is 2.27. The standard InChI is InChI=1S/C13H27N/c1-10-8-9-11(12(2,3)4)14(10)13(5,6)7/h10-11H,8-9H2,1-7H3/t10?,11-/m0/s1. The fraction of sp³-hybridized carbons (Fsp3) is 1.00. The molecule has 1 fully saturated rings. The maximum Gasteiger partial charge on any atom is 0.0152 e. The Morgan fingerprint density at radius 1 is 0.929 bits per heavy atom. The molecule has 0 radical (unpaired) electrons. The summed E-state index contributed by atoms with van der Waals surface area (Å²) in [6.45, 7) is 16.5. The summed E-state index contributed by atoms with van der Waals surface area (Å²) in [6, 6.07) is 1.50. The molecule has 1 heterocycles. The highest BCUT2D eigenvalue weighted by molar-refractivity contribution is 4.97. The van der Waals surface area contributed by atoms with Gasteiger partial charge in [0, 0.05) is 17.6 Å². The van der Waals surface area contributed by atoms with Crippen molar-refractivity contribution in [1.29, 1.82) is 0 Å². The van der Waals surface area contributed by atoms with Crippen LogP contribution in [0.25, 0.3) is 0 Å². The molecule has 1 heteroatoms. The third-order valence-corrected chi connectivity index (χ3v) is 3.44. The van der Waals surface area contributed by atoms with Gasteiger partial charge in [0.15, 0.2) is 0 Å². The van der Waals surface area contributed by atoms with Gasteiger partial charge in [0.25, 0.3) is 0 Å². The van der Waals surface area contributed by atoms with Gasteiger partial charge in [0.2, 0.25) is 0 Å². The minimum Gasteiger partial charge on any atom is -0.292 e. The van der Waals surface area contributed by atoms with Crippen molar-refractivity contribution in [2.45, 2.75) is 78.9 Å². The van der Waals surface area contributed by atoms with E-state index in [1.807, 2.05) is 0 Å². The molecule has 0 amide bonds. The van der Waals surface area contributed by atoms with Crippen molar-refractivity contribution < 1.29 is 0 Å². The van der Waals surface area contributed by atoms with Gasteiger partial charge >= 0.3 is 0 Å². The molecule has 1 aliphatic heterocycles. The van der Waals surface area contributed by atoms with Crippen LogP contribution in [0.1, 0.15) is 61.3 Å². The van der Waals surface area contributed by atoms with Crippen LogP contribution >= 0.6 is 0 Å². The lowest BCUT2D eigenvalue weighted by atomic mass is 9.83. The minimum atomic E-state index is 0.313. The van der Waals surface area contributed by atoms with Crippen LogP contribution in [0.15, 0.2) is 0 Å². The Bertz CT molecular complexity index is 194. The summed E-state index contributed by atoms with van der Waals surface area (Å²) in [6.07, 6.45) is 2.72. The van der Waals surface area contributed by atoms with E-state index in [1.54, 1.807) is 0 Å². The Morgan fingerprint density at radius 2 is 1.43 bits per heavy atom. The first kappa shape index (κ1) is 12.0. The SMILES string of the molecule is CC1CC[C@@H](C(C)(C)C)N1C(C)(C)C. The molecule has 1 rings (SSSR count). The number of likely N-dealkylation sites (tertiary alicyclic amines) is 1. The summed E-state index contributed by atoms with van der Waals surface area (Å²) in [5.74, 6) is 0. The molecule has 1 saturated heterocycles. The normalized spacial score (nSPS) is 31.1. The molecule has 1 aliphatic rings. The van der Waals surface area contributed by atoms with E-state index >= 15 is 0 Å². The monoisotopic (exact) mass is 197 g/mol. The third kappa shape index (κ3) is 2.31. The van der Waals surface area contributed by atoms with Gasteiger partial charge in [-0.25, -0.2) is 0 Å². The number of rotatable bonds is 0. The van der Waals surface area contributed by atoms with E-state index in [4.69, 9.17) is 0 Å². The van der Waals surface area contributed by atoms with Crippen molar-refractivity contribution in [2.75, 3.05) is 0 Å². The molecular formula is C13H27N. The van der Waals surface area contributed by atoms with Gasteiger partial charge < -0.3 is 0 Å². The minimum absolute atomic E-state index is 0.313. The van der Waals surface area contributed by atoms with Crippen molar-refractivity contribution >= 4 is 0 Å². The quantitative estimate of drug-likeness (QED) is 0.572. The molecule has 14 heavy (non-hydrogen) atoms. The molecule has 0 aliphatic carbocycles. The molecule has 0 N–H and O–H groups in total. The maximum atomic E-state index is 2.72. The van der Waals surface area contributed by atoms with Gasteiger partial charge in [-0.15, -0.1) is 0 Å². The lowest BCUT2D eigenvalue weighted by Crippen LogP contribution is -2.52. The Labute approximate surface area is 89.9 Å². The zero-order chi connectivity index (χ0) is 11.1. The van der Waals surface area contributed by atoms with Crippen LogP contribution in [0.3, 0.4) is 0 Å². The molecule has 1 unspecified atom stereocenters. The van der Waals surface area contributed by atoms with Crippen molar-refractivity contribution in [3.05, 3.63) is 0 Å². The summed E-state index contributed by atoms with van der Waals surface area (Å²) in [7, 11) is 0. The molecule has 0 bridgehead atoms. The second kappa shape index (κ2) is 3.52. The number of hydrogen-bond acceptors (Lipinski definition) is 1. The van der Waals surface area contributed by atoms with Crippen molar-refractivity contribution in [2.24, 2.45) is 5.41 Å². The van der Waals surface area contributed by atoms with Gasteiger partial charge in [-0.2, -0.15) is 0 Å². The van der Waals surface area contributed by atoms with E-state index in [2.05, 4.69) is 53.4 Å². The van der Waals surface area contributed by atoms with Gasteiger partial charge in [0.1, 0.15) is 0 Å². The Morgan fingerprint density at radius 3 is 1.71 bits per heavy atom. The number of hydrogen-bond donors (Lipinski definition) is 0. The highest BCUT2D eigenvalue weighted by Gasteiger charge is 2.42. The largest absolute Gasteiger partial charge is 0.292 e. The lowest BCUT2D eigenvalue weighted by Gasteiger charge is -2.45. The summed E-state index contributed by atoms with van der Waals surface area (Å²) >= 11 is 0. The zero-order valence-electron chi connectivity index (χ0n) is 11.0. The number of nitrogens with zero attached hydrogens (tertiary/aromatic N) is 1. The Balaban J connectivity index is 2.88. The van der Waals surface area contributed by atoms with Crippen LogP contribution in [0.2, 0.25) is 0 Å². The molecular weight excluding hydrogens is 170 g/mol. The van der Waals surface area contributed by atoms with Crippen LogP contribution < -0.4 is 0 Å². The smallest absolute Gasteiger partial charge is 0.0152 e. The van der Waals surface area contributed by atoms with Gasteiger partial charge in [-0.1, -0.05) is 20.8 Å². The van der Waals surface area contributed by atoms with Gasteiger partial charge in [0.05, 0.1) is 0 Å². The fourth-order valence-corrected chi connectivity index (χ4v) is 2.96. The van der Waals surface area contributed by atoms with Crippen LogP contribution in [0.4, 0.5) is 0 Å². The van der Waals surface area contributed by atoms with Crippen LogP contribution in [0.5, 0.6) is 0 Å². The second-order valence-electron chi connectivity index (χ2n) is 6.89. The Kier molecular flexibility index (Phi) is 3.02. The lowest BCUT2D eigenvalue weighted by molar-refractivity contribution is 0.0308. The molecule has 0 spiro atoms. The maximum absolute atomic E-state index is 2.72. The molecule has 0 aromatic carbocycles. The van der Waals surface area contributed by atoms with E-state index in [-0.39, 0.29) is 0 Å². The van der Waals surface area contributed by atoms with Gasteiger partial charge in [-0.3, -0.25) is 4.90 Å². The van der Waals surface area contributed by atoms with Crippen LogP contribution in [-0.2, 0) is 0 Å². The van der Waals surface area contributed by atoms with Crippen molar-refractivity contribution in [3.63, 3.8) is 0 Å². The summed E-state index contributed by atoms with van der Waals surface area (Å²) < 4.78 is 0. The molecule has 1 nitrogen and oxygen atoms in total. The van der Waals surface area contributed by atoms with Crippen LogP contribution in [0, 0.1) is 5.41 Å². The summed E-state index contributed by atoms with van der Waals surface area (Å²) in [5, 5.41) is 0. The topological polar surface area (TPSA) is 3.24 Å². The van der Waals surface area contributed by atoms with Crippen molar-refractivity contribution in [3.8, 4) is 0 Å². The molecule has 0 aromatic heterocycles. The highest BCUT2D eigenvalue weighted by atomic mass is 15.3. The first-order valence-corrected chi connectivity index (χ1v) is 5.92. The highest BCUT2D eigenvalue weighted by Crippen LogP contribution is 2.40. The Hall–Kier alpha value is -0.0400. The first-order chi connectivity index (χ1) is 6.14. The fourth-order valence-electron chi connectivity index (χ4n) is 2.96. The third-order valence-electron chi connectivity index (χ3n) is 3.44. The van der Waals surface area contributed by atoms with E-state index in [0.717, 1.165) is 12.1 Å². The van der Waals surface area contributed by atoms with E-state index in [1.165, 1.54) is 12.8 Å². The predicted octanol–water partition coefficient (Wildman–Crippen LogP) is 3.68. The molecule has 2 atom stereocenters. The van der Waals surface area contributed by atoms with Crippen LogP contribution in [-0.4, -0.2) is 22.5 Å². The van der Waals surface area contributed by atoms with E-state index < -0.39 is 0 Å². The molecule has 84 valence electrons. The first-order valence-electron chi connectivity index (χ1n) is 5.92. The average molecular weight is 197 g/mol. The zero-order valence-corrected chi connectivity index (χ0v) is 11.0. The summed E-state index contributed by atoms with van der Waals surface area (Å²) in [5.41, 5.74) is 0.728. The second-order valence-corrected chi connectivity index (χ2v) is 6.89. The summed E-state index contributed by atoms with van der Waals surface area (Å²) in [4.78, 5) is 2.72. The van der Waals surface area contributed by atoms with E-state index in [0.29, 0.717) is 11.0 Å². The van der Waals surface area contributed by atoms with Gasteiger partial charge in [-0.05, 0) is 46.0 Å². The van der Waals surface area contributed by atoms with E-state index in [9.17, 15) is 0 Å². The molecule has 0 aromatic rings. The van der Waals surface area contributed by atoms with Crippen molar-refractivity contribution in [1.82, 2.24) is 4.90 Å².